The van der Waals surface area contributed by atoms with Crippen molar-refractivity contribution in [3.63, 3.8) is 0 Å². The van der Waals surface area contributed by atoms with Gasteiger partial charge in [0, 0.05) is 0 Å². The zero-order chi connectivity index (χ0) is 16.8. The predicted octanol–water partition coefficient (Wildman–Crippen LogP) is 1.65. The summed E-state index contributed by atoms with van der Waals surface area (Å²) in [6, 6.07) is 6.52. The third-order valence-corrected chi connectivity index (χ3v) is 4.69. The zero-order valence-corrected chi connectivity index (χ0v) is 13.7. The maximum atomic E-state index is 12.1. The van der Waals surface area contributed by atoms with Gasteiger partial charge in [0.2, 0.25) is 0 Å². The van der Waals surface area contributed by atoms with Gasteiger partial charge in [-0.05, 0) is 39.3 Å². The molecule has 1 aromatic carbocycles. The Morgan fingerprint density at radius 1 is 1.14 bits per heavy atom. The van der Waals surface area contributed by atoms with E-state index in [1.165, 1.54) is 6.92 Å². The van der Waals surface area contributed by atoms with Crippen LogP contribution in [0.2, 0.25) is 0 Å². The smallest absolute Gasteiger partial charge is 0.417 e. The number of benzene rings is 1. The normalized spacial score (nSPS) is 12.5. The number of esters is 2. The molecule has 6 nitrogen and oxygen atoms in total. The SMILES string of the molecule is CCOC(=O)C(=O)O[C@@H](C)CCS(=O)(=O)c1ccc(C)cc1. The van der Waals surface area contributed by atoms with Crippen LogP contribution in [-0.2, 0) is 28.9 Å². The highest BCUT2D eigenvalue weighted by Gasteiger charge is 2.22. The van der Waals surface area contributed by atoms with Crippen molar-refractivity contribution in [2.24, 2.45) is 0 Å². The van der Waals surface area contributed by atoms with E-state index in [1.54, 1.807) is 31.2 Å². The number of rotatable bonds is 6. The van der Waals surface area contributed by atoms with E-state index < -0.39 is 27.9 Å². The van der Waals surface area contributed by atoms with Gasteiger partial charge in [0.1, 0.15) is 6.10 Å². The lowest BCUT2D eigenvalue weighted by atomic mass is 10.2. The highest BCUT2D eigenvalue weighted by Crippen LogP contribution is 2.14. The minimum absolute atomic E-state index is 0.0735. The van der Waals surface area contributed by atoms with Crippen molar-refractivity contribution in [2.75, 3.05) is 12.4 Å². The summed E-state index contributed by atoms with van der Waals surface area (Å²) >= 11 is 0. The number of carbonyl (C=O) groups is 2. The number of sulfone groups is 1. The van der Waals surface area contributed by atoms with Crippen LogP contribution in [0.15, 0.2) is 29.2 Å². The van der Waals surface area contributed by atoms with E-state index in [9.17, 15) is 18.0 Å². The van der Waals surface area contributed by atoms with Crippen LogP contribution in [0.3, 0.4) is 0 Å². The Labute approximate surface area is 130 Å². The van der Waals surface area contributed by atoms with E-state index in [-0.39, 0.29) is 23.7 Å². The molecular formula is C15H20O6S. The first-order chi connectivity index (χ1) is 10.3. The molecule has 0 aliphatic carbocycles. The predicted molar refractivity (Wildman–Crippen MR) is 80.0 cm³/mol. The van der Waals surface area contributed by atoms with Gasteiger partial charge >= 0.3 is 11.9 Å². The second kappa shape index (κ2) is 7.93. The molecule has 22 heavy (non-hydrogen) atoms. The molecule has 0 saturated heterocycles. The van der Waals surface area contributed by atoms with Gasteiger partial charge in [-0.3, -0.25) is 0 Å². The molecule has 122 valence electrons. The number of hydrogen-bond donors (Lipinski definition) is 0. The monoisotopic (exact) mass is 328 g/mol. The van der Waals surface area contributed by atoms with E-state index in [4.69, 9.17) is 4.74 Å². The summed E-state index contributed by atoms with van der Waals surface area (Å²) in [5.74, 6) is -2.36. The van der Waals surface area contributed by atoms with Gasteiger partial charge in [-0.1, -0.05) is 17.7 Å². The first kappa shape index (κ1) is 18.2. The zero-order valence-electron chi connectivity index (χ0n) is 12.9. The Morgan fingerprint density at radius 2 is 1.73 bits per heavy atom. The summed E-state index contributed by atoms with van der Waals surface area (Å²) < 4.78 is 33.6. The highest BCUT2D eigenvalue weighted by atomic mass is 32.2. The van der Waals surface area contributed by atoms with Gasteiger partial charge in [0.15, 0.2) is 9.84 Å². The van der Waals surface area contributed by atoms with Crippen LogP contribution in [0.5, 0.6) is 0 Å². The lowest BCUT2D eigenvalue weighted by Gasteiger charge is -2.12. The molecule has 0 unspecified atom stereocenters. The van der Waals surface area contributed by atoms with Gasteiger partial charge in [-0.2, -0.15) is 0 Å². The Bertz CT molecular complexity index is 618. The topological polar surface area (TPSA) is 86.7 Å². The summed E-state index contributed by atoms with van der Waals surface area (Å²) in [5.41, 5.74) is 0.968. The Balaban J connectivity index is 2.56. The second-order valence-electron chi connectivity index (χ2n) is 4.86. The largest absolute Gasteiger partial charge is 0.458 e. The van der Waals surface area contributed by atoms with Gasteiger partial charge in [0.25, 0.3) is 0 Å². The number of ether oxygens (including phenoxy) is 2. The third-order valence-electron chi connectivity index (χ3n) is 2.92. The molecule has 0 aliphatic heterocycles. The molecule has 0 spiro atoms. The van der Waals surface area contributed by atoms with Crippen molar-refractivity contribution in [1.82, 2.24) is 0 Å². The van der Waals surface area contributed by atoms with Crippen LogP contribution in [0.1, 0.15) is 25.8 Å². The van der Waals surface area contributed by atoms with Crippen molar-refractivity contribution < 1.29 is 27.5 Å². The van der Waals surface area contributed by atoms with E-state index in [0.717, 1.165) is 5.56 Å². The minimum Gasteiger partial charge on any atom is -0.458 e. The van der Waals surface area contributed by atoms with Crippen molar-refractivity contribution in [3.05, 3.63) is 29.8 Å². The van der Waals surface area contributed by atoms with Crippen LogP contribution in [0.25, 0.3) is 0 Å². The number of hydrogen-bond acceptors (Lipinski definition) is 6. The Hall–Kier alpha value is -1.89. The minimum atomic E-state index is -3.45. The van der Waals surface area contributed by atoms with Crippen LogP contribution in [0.4, 0.5) is 0 Å². The standard InChI is InChI=1S/C15H20O6S/c1-4-20-14(16)15(17)21-12(3)9-10-22(18,19)13-7-5-11(2)6-8-13/h5-8,12H,4,9-10H2,1-3H3/t12-/m0/s1. The fraction of sp³-hybridized carbons (Fsp3) is 0.467. The molecular weight excluding hydrogens is 308 g/mol. The molecule has 0 aromatic heterocycles. The Morgan fingerprint density at radius 3 is 2.27 bits per heavy atom. The molecule has 0 saturated carbocycles. The van der Waals surface area contributed by atoms with Crippen molar-refractivity contribution in [3.8, 4) is 0 Å². The molecule has 1 aromatic rings. The van der Waals surface area contributed by atoms with Crippen LogP contribution < -0.4 is 0 Å². The molecule has 1 rings (SSSR count). The summed E-state index contributed by atoms with van der Waals surface area (Å²) in [7, 11) is -3.45. The summed E-state index contributed by atoms with van der Waals surface area (Å²) in [5, 5.41) is 0. The third kappa shape index (κ3) is 5.48. The Kier molecular flexibility index (Phi) is 6.55. The molecule has 0 aliphatic rings. The summed E-state index contributed by atoms with van der Waals surface area (Å²) in [4.78, 5) is 22.7. The lowest BCUT2D eigenvalue weighted by molar-refractivity contribution is -0.170. The van der Waals surface area contributed by atoms with Crippen molar-refractivity contribution in [1.29, 1.82) is 0 Å². The van der Waals surface area contributed by atoms with Crippen LogP contribution in [0, 0.1) is 6.92 Å². The average Bonchev–Trinajstić information content (AvgIpc) is 2.46. The van der Waals surface area contributed by atoms with E-state index >= 15 is 0 Å². The second-order valence-corrected chi connectivity index (χ2v) is 6.97. The molecule has 0 heterocycles. The van der Waals surface area contributed by atoms with Crippen LogP contribution in [-0.4, -0.2) is 38.8 Å². The maximum absolute atomic E-state index is 12.1. The molecule has 0 fully saturated rings. The molecule has 0 N–H and O–H groups in total. The molecule has 1 atom stereocenters. The molecule has 0 radical (unpaired) electrons. The van der Waals surface area contributed by atoms with E-state index in [0.29, 0.717) is 0 Å². The van der Waals surface area contributed by atoms with Crippen molar-refractivity contribution in [2.45, 2.75) is 38.2 Å². The fourth-order valence-electron chi connectivity index (χ4n) is 1.66. The van der Waals surface area contributed by atoms with Gasteiger partial charge < -0.3 is 9.47 Å². The van der Waals surface area contributed by atoms with Crippen LogP contribution >= 0.6 is 0 Å². The highest BCUT2D eigenvalue weighted by molar-refractivity contribution is 7.91. The fourth-order valence-corrected chi connectivity index (χ4v) is 3.09. The van der Waals surface area contributed by atoms with E-state index in [2.05, 4.69) is 4.74 Å². The van der Waals surface area contributed by atoms with E-state index in [1.807, 2.05) is 6.92 Å². The van der Waals surface area contributed by atoms with Gasteiger partial charge in [0.05, 0.1) is 17.3 Å². The quantitative estimate of drug-likeness (QED) is 0.583. The summed E-state index contributed by atoms with van der Waals surface area (Å²) in [6.45, 7) is 5.04. The first-order valence-corrected chi connectivity index (χ1v) is 8.58. The molecule has 0 bridgehead atoms. The lowest BCUT2D eigenvalue weighted by Crippen LogP contribution is -2.26. The molecule has 0 amide bonds. The number of carbonyl (C=O) groups excluding carboxylic acids is 2. The van der Waals surface area contributed by atoms with Gasteiger partial charge in [-0.25, -0.2) is 18.0 Å². The summed E-state index contributed by atoms with van der Waals surface area (Å²) in [6.07, 6.45) is -0.599. The molecule has 7 heteroatoms. The average molecular weight is 328 g/mol. The number of aryl methyl sites for hydroxylation is 1. The van der Waals surface area contributed by atoms with Gasteiger partial charge in [-0.15, -0.1) is 0 Å². The van der Waals surface area contributed by atoms with Crippen molar-refractivity contribution >= 4 is 21.8 Å². The maximum Gasteiger partial charge on any atom is 0.417 e. The first-order valence-electron chi connectivity index (χ1n) is 6.93.